The van der Waals surface area contributed by atoms with Crippen LogP contribution in [-0.2, 0) is 0 Å². The lowest BCUT2D eigenvalue weighted by molar-refractivity contribution is 0.658. The smallest absolute Gasteiger partial charge is 0.153 e. The fourth-order valence-electron chi connectivity index (χ4n) is 2.85. The molecule has 0 aromatic carbocycles. The summed E-state index contributed by atoms with van der Waals surface area (Å²) in [7, 11) is 0. The minimum Gasteiger partial charge on any atom is -0.355 e. The molecule has 0 bridgehead atoms. The normalized spacial score (nSPS) is 24.1. The Bertz CT molecular complexity index is 584. The van der Waals surface area contributed by atoms with Gasteiger partial charge in [-0.2, -0.15) is 0 Å². The van der Waals surface area contributed by atoms with Crippen LogP contribution in [0.4, 0.5) is 5.82 Å². The van der Waals surface area contributed by atoms with Crippen molar-refractivity contribution in [3.63, 3.8) is 0 Å². The number of nitrogens with zero attached hydrogens (tertiary/aromatic N) is 4. The van der Waals surface area contributed by atoms with Crippen molar-refractivity contribution in [1.82, 2.24) is 14.6 Å². The molecular formula is C14H18N4. The maximum atomic E-state index is 4.79. The summed E-state index contributed by atoms with van der Waals surface area (Å²) in [6.07, 6.45) is 5.86. The maximum Gasteiger partial charge on any atom is 0.153 e. The first-order chi connectivity index (χ1) is 8.81. The van der Waals surface area contributed by atoms with E-state index in [0.29, 0.717) is 5.92 Å². The largest absolute Gasteiger partial charge is 0.355 e. The minimum atomic E-state index is 0.695. The first-order valence-corrected chi connectivity index (χ1v) is 6.91. The average Bonchev–Trinajstić information content (AvgIpc) is 2.99. The minimum absolute atomic E-state index is 0.695. The molecule has 2 aliphatic rings. The van der Waals surface area contributed by atoms with Gasteiger partial charge < -0.3 is 4.90 Å². The summed E-state index contributed by atoms with van der Waals surface area (Å²) in [5.41, 5.74) is 2.27. The van der Waals surface area contributed by atoms with Crippen molar-refractivity contribution < 1.29 is 0 Å². The molecule has 2 aromatic rings. The van der Waals surface area contributed by atoms with Gasteiger partial charge in [0.1, 0.15) is 5.82 Å². The summed E-state index contributed by atoms with van der Waals surface area (Å²) in [4.78, 5) is 6.83. The predicted octanol–water partition coefficient (Wildman–Crippen LogP) is 2.45. The third kappa shape index (κ3) is 1.59. The Morgan fingerprint density at radius 1 is 1.22 bits per heavy atom. The highest BCUT2D eigenvalue weighted by Gasteiger charge is 2.28. The average molecular weight is 242 g/mol. The number of rotatable bonds is 2. The highest BCUT2D eigenvalue weighted by atomic mass is 15.3. The summed E-state index contributed by atoms with van der Waals surface area (Å²) in [5.74, 6) is 2.58. The monoisotopic (exact) mass is 242 g/mol. The SMILES string of the molecule is C[C@H]1CCN(c2ccc3ncc(C4CC4)n3n2)C1. The lowest BCUT2D eigenvalue weighted by Gasteiger charge is -2.16. The van der Waals surface area contributed by atoms with Gasteiger partial charge in [0.2, 0.25) is 0 Å². The molecule has 3 heterocycles. The zero-order valence-corrected chi connectivity index (χ0v) is 10.7. The van der Waals surface area contributed by atoms with E-state index in [-0.39, 0.29) is 0 Å². The van der Waals surface area contributed by atoms with E-state index < -0.39 is 0 Å². The van der Waals surface area contributed by atoms with Gasteiger partial charge in [-0.15, -0.1) is 5.10 Å². The second kappa shape index (κ2) is 3.70. The van der Waals surface area contributed by atoms with Gasteiger partial charge in [0, 0.05) is 19.0 Å². The summed E-state index contributed by atoms with van der Waals surface area (Å²) in [6.45, 7) is 4.57. The Hall–Kier alpha value is -1.58. The Balaban J connectivity index is 1.75. The third-order valence-electron chi connectivity index (χ3n) is 4.12. The molecule has 1 atom stereocenters. The predicted molar refractivity (Wildman–Crippen MR) is 71.0 cm³/mol. The van der Waals surface area contributed by atoms with Crippen molar-refractivity contribution in [2.75, 3.05) is 18.0 Å². The van der Waals surface area contributed by atoms with Crippen LogP contribution < -0.4 is 4.90 Å². The molecule has 0 unspecified atom stereocenters. The Labute approximate surface area is 107 Å². The molecule has 4 heteroatoms. The molecule has 0 radical (unpaired) electrons. The zero-order valence-electron chi connectivity index (χ0n) is 10.7. The van der Waals surface area contributed by atoms with Gasteiger partial charge in [-0.25, -0.2) is 9.50 Å². The Kier molecular flexibility index (Phi) is 2.13. The van der Waals surface area contributed by atoms with E-state index in [1.807, 2.05) is 6.20 Å². The van der Waals surface area contributed by atoms with Crippen molar-refractivity contribution in [3.8, 4) is 0 Å². The van der Waals surface area contributed by atoms with Crippen LogP contribution in [0.3, 0.4) is 0 Å². The fourth-order valence-corrected chi connectivity index (χ4v) is 2.85. The molecule has 1 saturated heterocycles. The van der Waals surface area contributed by atoms with E-state index in [1.54, 1.807) is 0 Å². The van der Waals surface area contributed by atoms with Gasteiger partial charge in [0.15, 0.2) is 5.65 Å². The molecule has 0 amide bonds. The molecule has 18 heavy (non-hydrogen) atoms. The molecule has 1 aliphatic carbocycles. The number of aromatic nitrogens is 3. The zero-order chi connectivity index (χ0) is 12.1. The number of fused-ring (bicyclic) bond motifs is 1. The van der Waals surface area contributed by atoms with E-state index in [9.17, 15) is 0 Å². The van der Waals surface area contributed by atoms with Crippen LogP contribution in [0.1, 0.15) is 37.8 Å². The first kappa shape index (κ1) is 10.4. The highest BCUT2D eigenvalue weighted by molar-refractivity contribution is 5.48. The number of anilines is 1. The quantitative estimate of drug-likeness (QED) is 0.811. The van der Waals surface area contributed by atoms with Gasteiger partial charge in [0.25, 0.3) is 0 Å². The van der Waals surface area contributed by atoms with Crippen LogP contribution in [0.15, 0.2) is 18.3 Å². The van der Waals surface area contributed by atoms with Crippen LogP contribution in [0.2, 0.25) is 0 Å². The van der Waals surface area contributed by atoms with Crippen molar-refractivity contribution in [2.24, 2.45) is 5.92 Å². The molecule has 2 fully saturated rings. The topological polar surface area (TPSA) is 33.4 Å². The molecule has 1 saturated carbocycles. The molecular weight excluding hydrogens is 224 g/mol. The summed E-state index contributed by atoms with van der Waals surface area (Å²) in [6, 6.07) is 4.20. The molecule has 94 valence electrons. The van der Waals surface area contributed by atoms with E-state index in [1.165, 1.54) is 25.0 Å². The van der Waals surface area contributed by atoms with Crippen molar-refractivity contribution in [3.05, 3.63) is 24.0 Å². The molecule has 4 rings (SSSR count). The fraction of sp³-hybridized carbons (Fsp3) is 0.571. The van der Waals surface area contributed by atoms with Crippen LogP contribution >= 0.6 is 0 Å². The van der Waals surface area contributed by atoms with Crippen molar-refractivity contribution in [1.29, 1.82) is 0 Å². The van der Waals surface area contributed by atoms with Crippen LogP contribution in [-0.4, -0.2) is 27.7 Å². The second-order valence-corrected chi connectivity index (χ2v) is 5.76. The first-order valence-electron chi connectivity index (χ1n) is 6.91. The number of imidazole rings is 1. The molecule has 4 nitrogen and oxygen atoms in total. The molecule has 1 aliphatic heterocycles. The number of hydrogen-bond donors (Lipinski definition) is 0. The lowest BCUT2D eigenvalue weighted by Crippen LogP contribution is -2.21. The lowest BCUT2D eigenvalue weighted by atomic mass is 10.2. The van der Waals surface area contributed by atoms with Gasteiger partial charge in [0.05, 0.1) is 11.9 Å². The Morgan fingerprint density at radius 2 is 2.11 bits per heavy atom. The van der Waals surface area contributed by atoms with Crippen LogP contribution in [0, 0.1) is 5.92 Å². The van der Waals surface area contributed by atoms with E-state index in [2.05, 4.69) is 33.5 Å². The summed E-state index contributed by atoms with van der Waals surface area (Å²) >= 11 is 0. The van der Waals surface area contributed by atoms with Gasteiger partial charge >= 0.3 is 0 Å². The van der Waals surface area contributed by atoms with Crippen LogP contribution in [0.5, 0.6) is 0 Å². The number of hydrogen-bond acceptors (Lipinski definition) is 3. The van der Waals surface area contributed by atoms with Gasteiger partial charge in [-0.1, -0.05) is 6.92 Å². The van der Waals surface area contributed by atoms with Crippen molar-refractivity contribution in [2.45, 2.75) is 32.1 Å². The molecule has 0 N–H and O–H groups in total. The van der Waals surface area contributed by atoms with Crippen LogP contribution in [0.25, 0.3) is 5.65 Å². The van der Waals surface area contributed by atoms with Gasteiger partial charge in [-0.3, -0.25) is 0 Å². The molecule has 2 aromatic heterocycles. The second-order valence-electron chi connectivity index (χ2n) is 5.76. The van der Waals surface area contributed by atoms with Crippen molar-refractivity contribution >= 4 is 11.5 Å². The summed E-state index contributed by atoms with van der Waals surface area (Å²) in [5, 5.41) is 4.79. The van der Waals surface area contributed by atoms with E-state index >= 15 is 0 Å². The van der Waals surface area contributed by atoms with Gasteiger partial charge in [-0.05, 0) is 37.3 Å². The van der Waals surface area contributed by atoms with E-state index in [0.717, 1.165) is 30.5 Å². The highest BCUT2D eigenvalue weighted by Crippen LogP contribution is 2.40. The molecule has 0 spiro atoms. The Morgan fingerprint density at radius 3 is 2.83 bits per heavy atom. The maximum absolute atomic E-state index is 4.79. The third-order valence-corrected chi connectivity index (χ3v) is 4.12. The van der Waals surface area contributed by atoms with E-state index in [4.69, 9.17) is 5.10 Å². The summed E-state index contributed by atoms with van der Waals surface area (Å²) < 4.78 is 2.05. The standard InChI is InChI=1S/C14H18N4/c1-10-6-7-17(9-10)14-5-4-13-15-8-12(11-2-3-11)18(13)16-14/h4-5,8,10-11H,2-3,6-7,9H2,1H3/t10-/m0/s1.